The van der Waals surface area contributed by atoms with E-state index in [4.69, 9.17) is 5.73 Å². The van der Waals surface area contributed by atoms with E-state index in [0.717, 1.165) is 12.1 Å². The number of amides is 1. The van der Waals surface area contributed by atoms with Crippen molar-refractivity contribution in [3.05, 3.63) is 29.8 Å². The van der Waals surface area contributed by atoms with Gasteiger partial charge in [-0.2, -0.15) is 8.78 Å². The van der Waals surface area contributed by atoms with E-state index >= 15 is 0 Å². The van der Waals surface area contributed by atoms with Crippen LogP contribution in [0, 0.1) is 0 Å². The van der Waals surface area contributed by atoms with Gasteiger partial charge in [-0.15, -0.1) is 0 Å². The number of nitrogens with two attached hydrogens (primary N) is 1. The normalized spacial score (nSPS) is 12.5. The van der Waals surface area contributed by atoms with E-state index in [1.165, 1.54) is 12.1 Å². The lowest BCUT2D eigenvalue weighted by molar-refractivity contribution is 0.0915. The number of alkyl halides is 2. The van der Waals surface area contributed by atoms with E-state index < -0.39 is 31.9 Å². The number of hydrogen-bond donors (Lipinski definition) is 2. The molecule has 0 aliphatic rings. The predicted molar refractivity (Wildman–Crippen MR) is 70.2 cm³/mol. The Labute approximate surface area is 116 Å². The molecule has 1 aromatic carbocycles. The van der Waals surface area contributed by atoms with Gasteiger partial charge in [0.25, 0.3) is 5.91 Å². The van der Waals surface area contributed by atoms with Gasteiger partial charge in [0, 0.05) is 17.6 Å². The van der Waals surface area contributed by atoms with Crippen LogP contribution in [0.5, 0.6) is 0 Å². The van der Waals surface area contributed by atoms with Crippen molar-refractivity contribution < 1.29 is 22.0 Å². The first kappa shape index (κ1) is 16.5. The molecule has 0 heterocycles. The summed E-state index contributed by atoms with van der Waals surface area (Å²) in [4.78, 5) is 11.3. The molecular weight excluding hydrogens is 290 g/mol. The quantitative estimate of drug-likeness (QED) is 0.854. The molecule has 8 heteroatoms. The number of sulfone groups is 1. The number of hydrogen-bond acceptors (Lipinski definition) is 4. The van der Waals surface area contributed by atoms with Crippen molar-refractivity contribution in [1.82, 2.24) is 5.32 Å². The molecule has 112 valence electrons. The minimum atomic E-state index is -4.64. The third-order valence-corrected chi connectivity index (χ3v) is 4.04. The highest BCUT2D eigenvalue weighted by Crippen LogP contribution is 2.18. The van der Waals surface area contributed by atoms with Crippen LogP contribution < -0.4 is 11.1 Å². The molecule has 0 atom stereocenters. The summed E-state index contributed by atoms with van der Waals surface area (Å²) in [5, 5.41) is 2.64. The number of carbonyl (C=O) groups excluding carboxylic acids is 1. The molecule has 1 aromatic rings. The summed E-state index contributed by atoms with van der Waals surface area (Å²) in [6.07, 6.45) is 0. The second-order valence-corrected chi connectivity index (χ2v) is 6.79. The molecule has 1 rings (SSSR count). The van der Waals surface area contributed by atoms with Gasteiger partial charge in [-0.25, -0.2) is 8.42 Å². The van der Waals surface area contributed by atoms with Gasteiger partial charge < -0.3 is 11.1 Å². The van der Waals surface area contributed by atoms with Gasteiger partial charge in [-0.3, -0.25) is 4.79 Å². The smallest absolute Gasteiger partial charge is 0.341 e. The first-order valence-corrected chi connectivity index (χ1v) is 7.29. The predicted octanol–water partition coefficient (Wildman–Crippen LogP) is 1.15. The molecule has 1 amide bonds. The van der Waals surface area contributed by atoms with Crippen LogP contribution in [-0.2, 0) is 9.84 Å². The van der Waals surface area contributed by atoms with Gasteiger partial charge in [0.2, 0.25) is 9.84 Å². The van der Waals surface area contributed by atoms with Crippen molar-refractivity contribution in [2.75, 3.05) is 6.54 Å². The minimum Gasteiger partial charge on any atom is -0.346 e. The highest BCUT2D eigenvalue weighted by Gasteiger charge is 2.26. The largest absolute Gasteiger partial charge is 0.346 e. The fourth-order valence-electron chi connectivity index (χ4n) is 1.33. The Morgan fingerprint density at radius 1 is 1.30 bits per heavy atom. The van der Waals surface area contributed by atoms with E-state index in [1.54, 1.807) is 13.8 Å². The maximum absolute atomic E-state index is 12.3. The van der Waals surface area contributed by atoms with E-state index in [1.807, 2.05) is 0 Å². The second-order valence-electron chi connectivity index (χ2n) is 4.87. The average Bonchev–Trinajstić information content (AvgIpc) is 2.38. The standard InChI is InChI=1S/C12H16F2N2O3S/c1-12(2,7-15)16-10(17)8-3-5-9(6-4-8)20(18,19)11(13)14/h3-6,11H,7,15H2,1-2H3,(H,16,17). The molecular formula is C12H16F2N2O3S. The average molecular weight is 306 g/mol. The number of carbonyl (C=O) groups is 1. The number of nitrogens with one attached hydrogen (secondary N) is 1. The Kier molecular flexibility index (Phi) is 4.82. The zero-order valence-electron chi connectivity index (χ0n) is 11.1. The molecule has 0 saturated carbocycles. The summed E-state index contributed by atoms with van der Waals surface area (Å²) in [6, 6.07) is 4.31. The highest BCUT2D eigenvalue weighted by atomic mass is 32.2. The SMILES string of the molecule is CC(C)(CN)NC(=O)c1ccc(S(=O)(=O)C(F)F)cc1. The second kappa shape index (κ2) is 5.84. The molecule has 0 aliphatic heterocycles. The van der Waals surface area contributed by atoms with E-state index in [-0.39, 0.29) is 12.1 Å². The lowest BCUT2D eigenvalue weighted by Gasteiger charge is -2.24. The zero-order chi connectivity index (χ0) is 15.6. The molecule has 0 spiro atoms. The first-order valence-electron chi connectivity index (χ1n) is 5.75. The van der Waals surface area contributed by atoms with Crippen LogP contribution in [0.15, 0.2) is 29.2 Å². The molecule has 0 bridgehead atoms. The van der Waals surface area contributed by atoms with Gasteiger partial charge in [0.05, 0.1) is 4.90 Å². The molecule has 3 N–H and O–H groups in total. The van der Waals surface area contributed by atoms with Gasteiger partial charge >= 0.3 is 5.76 Å². The van der Waals surface area contributed by atoms with Gasteiger partial charge in [0.1, 0.15) is 0 Å². The van der Waals surface area contributed by atoms with Crippen LogP contribution in [0.2, 0.25) is 0 Å². The molecule has 0 radical (unpaired) electrons. The summed E-state index contributed by atoms with van der Waals surface area (Å²) in [5.74, 6) is -3.94. The maximum atomic E-state index is 12.3. The molecule has 0 aromatic heterocycles. The van der Waals surface area contributed by atoms with Crippen molar-refractivity contribution in [3.63, 3.8) is 0 Å². The monoisotopic (exact) mass is 306 g/mol. The summed E-state index contributed by atoms with van der Waals surface area (Å²) in [7, 11) is -4.64. The zero-order valence-corrected chi connectivity index (χ0v) is 11.9. The minimum absolute atomic E-state index is 0.166. The van der Waals surface area contributed by atoms with E-state index in [0.29, 0.717) is 0 Å². The molecule has 0 unspecified atom stereocenters. The Morgan fingerprint density at radius 2 is 1.80 bits per heavy atom. The van der Waals surface area contributed by atoms with Gasteiger partial charge in [-0.1, -0.05) is 0 Å². The van der Waals surface area contributed by atoms with Crippen molar-refractivity contribution in [3.8, 4) is 0 Å². The van der Waals surface area contributed by atoms with Gasteiger partial charge in [0.15, 0.2) is 0 Å². The van der Waals surface area contributed by atoms with Crippen molar-refractivity contribution in [1.29, 1.82) is 0 Å². The lowest BCUT2D eigenvalue weighted by atomic mass is 10.1. The van der Waals surface area contributed by atoms with Crippen molar-refractivity contribution in [2.24, 2.45) is 5.73 Å². The Bertz CT molecular complexity index is 583. The molecule has 0 saturated heterocycles. The van der Waals surface area contributed by atoms with Gasteiger partial charge in [-0.05, 0) is 38.1 Å². The van der Waals surface area contributed by atoms with Crippen molar-refractivity contribution >= 4 is 15.7 Å². The fraction of sp³-hybridized carbons (Fsp3) is 0.417. The first-order chi connectivity index (χ1) is 9.10. The summed E-state index contributed by atoms with van der Waals surface area (Å²) in [6.45, 7) is 3.66. The Hall–Kier alpha value is -1.54. The third-order valence-electron chi connectivity index (χ3n) is 2.64. The molecule has 0 aliphatic carbocycles. The summed E-state index contributed by atoms with van der Waals surface area (Å²) in [5.41, 5.74) is 5.02. The summed E-state index contributed by atoms with van der Waals surface area (Å²) < 4.78 is 47.1. The van der Waals surface area contributed by atoms with Crippen LogP contribution in [0.3, 0.4) is 0 Å². The fourth-order valence-corrected chi connectivity index (χ4v) is 2.05. The Morgan fingerprint density at radius 3 is 2.20 bits per heavy atom. The molecule has 5 nitrogen and oxygen atoms in total. The molecule has 0 fully saturated rings. The van der Waals surface area contributed by atoms with Crippen LogP contribution >= 0.6 is 0 Å². The molecule has 20 heavy (non-hydrogen) atoms. The number of benzene rings is 1. The van der Waals surface area contributed by atoms with E-state index in [9.17, 15) is 22.0 Å². The number of rotatable bonds is 5. The topological polar surface area (TPSA) is 89.3 Å². The van der Waals surface area contributed by atoms with Crippen LogP contribution in [0.25, 0.3) is 0 Å². The van der Waals surface area contributed by atoms with Crippen LogP contribution in [0.4, 0.5) is 8.78 Å². The van der Waals surface area contributed by atoms with Crippen LogP contribution in [0.1, 0.15) is 24.2 Å². The highest BCUT2D eigenvalue weighted by molar-refractivity contribution is 7.91. The van der Waals surface area contributed by atoms with Crippen LogP contribution in [-0.4, -0.2) is 32.2 Å². The number of halogens is 2. The third kappa shape index (κ3) is 3.73. The van der Waals surface area contributed by atoms with Crippen molar-refractivity contribution in [2.45, 2.75) is 30.0 Å². The maximum Gasteiger partial charge on any atom is 0.341 e. The Balaban J connectivity index is 2.96. The van der Waals surface area contributed by atoms with E-state index in [2.05, 4.69) is 5.32 Å². The lowest BCUT2D eigenvalue weighted by Crippen LogP contribution is -2.48. The summed E-state index contributed by atoms with van der Waals surface area (Å²) >= 11 is 0.